The third kappa shape index (κ3) is 6.65. The molecule has 1 aromatic heterocycles. The minimum Gasteiger partial charge on any atom is -0.493 e. The fourth-order valence-electron chi connectivity index (χ4n) is 6.66. The predicted molar refractivity (Wildman–Crippen MR) is 190 cm³/mol. The van der Waals surface area contributed by atoms with Crippen LogP contribution in [0.5, 0.6) is 5.75 Å². The summed E-state index contributed by atoms with van der Waals surface area (Å²) < 4.78 is 6.24. The lowest BCUT2D eigenvalue weighted by atomic mass is 9.71. The van der Waals surface area contributed by atoms with E-state index in [0.717, 1.165) is 16.8 Å². The van der Waals surface area contributed by atoms with Crippen molar-refractivity contribution >= 4 is 41.0 Å². The maximum atomic E-state index is 15.1. The Hall–Kier alpha value is -3.66. The van der Waals surface area contributed by atoms with Gasteiger partial charge in [-0.05, 0) is 69.0 Å². The monoisotopic (exact) mass is 693 g/mol. The van der Waals surface area contributed by atoms with E-state index >= 15 is 4.79 Å². The van der Waals surface area contributed by atoms with Crippen molar-refractivity contribution in [3.8, 4) is 5.75 Å². The van der Waals surface area contributed by atoms with Crippen LogP contribution in [-0.4, -0.2) is 70.5 Å². The number of carbonyl (C=O) groups is 2. The van der Waals surface area contributed by atoms with Crippen molar-refractivity contribution in [2.24, 2.45) is 10.9 Å². The Kier molecular flexibility index (Phi) is 10.4. The number of benzene rings is 2. The van der Waals surface area contributed by atoms with Gasteiger partial charge in [0.15, 0.2) is 0 Å². The summed E-state index contributed by atoms with van der Waals surface area (Å²) in [6, 6.07) is 16.8. The molecule has 2 atom stereocenters. The summed E-state index contributed by atoms with van der Waals surface area (Å²) in [5, 5.41) is 13.1. The molecule has 5 rings (SSSR count). The molecule has 0 saturated carbocycles. The highest BCUT2D eigenvalue weighted by Gasteiger charge is 2.60. The molecule has 1 saturated heterocycles. The third-order valence-corrected chi connectivity index (χ3v) is 10.2. The number of amides is 3. The maximum absolute atomic E-state index is 15.1. The third-order valence-electron chi connectivity index (χ3n) is 9.66. The second-order valence-electron chi connectivity index (χ2n) is 13.7. The molecule has 9 nitrogen and oxygen atoms in total. The molecule has 2 aliphatic rings. The van der Waals surface area contributed by atoms with Crippen molar-refractivity contribution in [2.75, 3.05) is 32.8 Å². The first-order valence-corrected chi connectivity index (χ1v) is 17.2. The smallest absolute Gasteiger partial charge is 0.326 e. The van der Waals surface area contributed by atoms with Gasteiger partial charge in [0.25, 0.3) is 0 Å². The summed E-state index contributed by atoms with van der Waals surface area (Å²) in [5.41, 5.74) is 0.884. The lowest BCUT2D eigenvalue weighted by molar-refractivity contribution is -0.126. The zero-order chi connectivity index (χ0) is 34.9. The van der Waals surface area contributed by atoms with Gasteiger partial charge in [0.1, 0.15) is 22.7 Å². The fraction of sp³-hybridized carbons (Fsp3) is 0.459. The van der Waals surface area contributed by atoms with Gasteiger partial charge in [0.2, 0.25) is 5.91 Å². The second-order valence-corrected chi connectivity index (χ2v) is 14.6. The van der Waals surface area contributed by atoms with Gasteiger partial charge in [0.05, 0.1) is 18.8 Å². The van der Waals surface area contributed by atoms with Gasteiger partial charge < -0.3 is 20.1 Å². The zero-order valence-corrected chi connectivity index (χ0v) is 30.0. The summed E-state index contributed by atoms with van der Waals surface area (Å²) >= 11 is 12.7. The Labute approximate surface area is 293 Å². The number of hydrogen-bond donors (Lipinski definition) is 2. The van der Waals surface area contributed by atoms with Crippen LogP contribution < -0.4 is 10.1 Å². The number of pyridine rings is 1. The van der Waals surface area contributed by atoms with Crippen LogP contribution >= 0.6 is 23.2 Å². The van der Waals surface area contributed by atoms with Crippen LogP contribution in [0.4, 0.5) is 4.79 Å². The van der Waals surface area contributed by atoms with E-state index in [1.165, 1.54) is 0 Å². The summed E-state index contributed by atoms with van der Waals surface area (Å²) in [4.78, 5) is 41.7. The molecule has 2 aromatic carbocycles. The molecule has 2 N–H and O–H groups in total. The van der Waals surface area contributed by atoms with Crippen LogP contribution in [0, 0.1) is 5.92 Å². The largest absolute Gasteiger partial charge is 0.493 e. The van der Waals surface area contributed by atoms with Gasteiger partial charge >= 0.3 is 6.03 Å². The highest BCUT2D eigenvalue weighted by Crippen LogP contribution is 2.54. The van der Waals surface area contributed by atoms with Crippen LogP contribution in [0.2, 0.25) is 10.0 Å². The minimum absolute atomic E-state index is 0.104. The average molecular weight is 695 g/mol. The lowest BCUT2D eigenvalue weighted by Gasteiger charge is -2.47. The number of amidine groups is 1. The van der Waals surface area contributed by atoms with Crippen LogP contribution in [0.15, 0.2) is 65.8 Å². The minimum atomic E-state index is -1.06. The first kappa shape index (κ1) is 35.6. The number of aliphatic imine (C=N–C) groups is 1. The standard InChI is InChI=1S/C37H45Cl2N5O4/c1-7-48-30-22-31(35(2,3)4)41-23-29(30)32-42-36(5,25-8-12-27(38)13-9-25)37(6,26-10-14-28(39)15-11-26)44(32)34(47)43-19-16-24(17-20-43)33(46)40-18-21-45/h8-15,22-24,45H,7,16-21H2,1-6H3,(H,40,46)/t36?,37-/m1/s1. The molecule has 3 amide bonds. The SMILES string of the molecule is CCOc1cc(C(C)(C)C)ncc1C1=NC(C)(c2ccc(Cl)cc2)[C@@](C)(c2ccc(Cl)cc2)N1C(=O)N1CCC(C(=O)NCCO)CC1. The first-order valence-electron chi connectivity index (χ1n) is 16.5. The van der Waals surface area contributed by atoms with Crippen LogP contribution in [0.25, 0.3) is 0 Å². The molecule has 48 heavy (non-hydrogen) atoms. The summed E-state index contributed by atoms with van der Waals surface area (Å²) in [6.45, 7) is 13.5. The van der Waals surface area contributed by atoms with Gasteiger partial charge in [-0.15, -0.1) is 0 Å². The number of piperidine rings is 1. The number of urea groups is 1. The van der Waals surface area contributed by atoms with Crippen LogP contribution in [0.1, 0.15) is 76.8 Å². The van der Waals surface area contributed by atoms with E-state index in [0.29, 0.717) is 59.7 Å². The maximum Gasteiger partial charge on any atom is 0.326 e. The Morgan fingerprint density at radius 2 is 1.58 bits per heavy atom. The Balaban J connectivity index is 1.69. The van der Waals surface area contributed by atoms with Crippen molar-refractivity contribution in [2.45, 2.75) is 70.9 Å². The highest BCUT2D eigenvalue weighted by atomic mass is 35.5. The van der Waals surface area contributed by atoms with E-state index in [2.05, 4.69) is 26.1 Å². The quantitative estimate of drug-likeness (QED) is 0.266. The lowest BCUT2D eigenvalue weighted by Crippen LogP contribution is -2.59. The molecule has 0 radical (unpaired) electrons. The number of aromatic nitrogens is 1. The van der Waals surface area contributed by atoms with Crippen molar-refractivity contribution in [1.82, 2.24) is 20.1 Å². The molecule has 3 aromatic rings. The highest BCUT2D eigenvalue weighted by molar-refractivity contribution is 6.30. The summed E-state index contributed by atoms with van der Waals surface area (Å²) in [7, 11) is 0. The molecule has 1 unspecified atom stereocenters. The molecule has 1 fully saturated rings. The molecule has 0 aliphatic carbocycles. The van der Waals surface area contributed by atoms with Gasteiger partial charge in [-0.3, -0.25) is 19.7 Å². The van der Waals surface area contributed by atoms with E-state index in [1.54, 1.807) is 16.0 Å². The van der Waals surface area contributed by atoms with Crippen LogP contribution in [0.3, 0.4) is 0 Å². The molecular formula is C37H45Cl2N5O4. The Morgan fingerprint density at radius 3 is 2.12 bits per heavy atom. The first-order chi connectivity index (χ1) is 22.7. The van der Waals surface area contributed by atoms with E-state index < -0.39 is 11.1 Å². The average Bonchev–Trinajstić information content (AvgIpc) is 3.31. The predicted octanol–water partition coefficient (Wildman–Crippen LogP) is 6.92. The number of aliphatic hydroxyl groups excluding tert-OH is 1. The van der Waals surface area contributed by atoms with Crippen molar-refractivity contribution in [3.63, 3.8) is 0 Å². The van der Waals surface area contributed by atoms with Gasteiger partial charge in [-0.1, -0.05) is 68.2 Å². The summed E-state index contributed by atoms with van der Waals surface area (Å²) in [5.74, 6) is 0.682. The topological polar surface area (TPSA) is 107 Å². The number of halogens is 2. The van der Waals surface area contributed by atoms with E-state index in [4.69, 9.17) is 43.0 Å². The van der Waals surface area contributed by atoms with E-state index in [-0.39, 0.29) is 36.4 Å². The number of likely N-dealkylation sites (tertiary alicyclic amines) is 1. The number of ether oxygens (including phenoxy) is 1. The molecular weight excluding hydrogens is 649 g/mol. The molecule has 11 heteroatoms. The molecule has 2 aliphatic heterocycles. The van der Waals surface area contributed by atoms with Gasteiger partial charge in [0, 0.05) is 59.0 Å². The van der Waals surface area contributed by atoms with Crippen molar-refractivity contribution < 1.29 is 19.4 Å². The summed E-state index contributed by atoms with van der Waals surface area (Å²) in [6.07, 6.45) is 2.77. The number of hydrogen-bond acceptors (Lipinski definition) is 6. The van der Waals surface area contributed by atoms with E-state index in [9.17, 15) is 4.79 Å². The Morgan fingerprint density at radius 1 is 1.00 bits per heavy atom. The van der Waals surface area contributed by atoms with E-state index in [1.807, 2.05) is 75.4 Å². The number of nitrogens with one attached hydrogen (secondary N) is 1. The van der Waals surface area contributed by atoms with Crippen molar-refractivity contribution in [3.05, 3.63) is 93.2 Å². The van der Waals surface area contributed by atoms with Gasteiger partial charge in [-0.25, -0.2) is 4.79 Å². The number of carbonyl (C=O) groups excluding carboxylic acids is 2. The zero-order valence-electron chi connectivity index (χ0n) is 28.5. The molecule has 0 spiro atoms. The normalized spacial score (nSPS) is 21.6. The van der Waals surface area contributed by atoms with Crippen LogP contribution in [-0.2, 0) is 21.3 Å². The number of rotatable bonds is 8. The number of nitrogens with zero attached hydrogens (tertiary/aromatic N) is 4. The molecule has 256 valence electrons. The molecule has 0 bridgehead atoms. The second kappa shape index (κ2) is 14.1. The molecule has 3 heterocycles. The van der Waals surface area contributed by atoms with Gasteiger partial charge in [-0.2, -0.15) is 0 Å². The number of aliphatic hydroxyl groups is 1. The fourth-order valence-corrected chi connectivity index (χ4v) is 6.91. The van der Waals surface area contributed by atoms with Crippen molar-refractivity contribution in [1.29, 1.82) is 0 Å². The Bertz CT molecular complexity index is 1670.